The number of benzene rings is 2. The highest BCUT2D eigenvalue weighted by Crippen LogP contribution is 2.34. The average molecular weight is 445 g/mol. The van der Waals surface area contributed by atoms with Gasteiger partial charge in [0.05, 0.1) is 5.56 Å². The predicted octanol–water partition coefficient (Wildman–Crippen LogP) is 5.84. The summed E-state index contributed by atoms with van der Waals surface area (Å²) in [5.41, 5.74) is 1.68. The SMILES string of the molecule is O=C(/C=C/c1ccccc1F)Cc1csc(-c2ccc(Br)cc2)c1C(=O)O. The Kier molecular flexibility index (Phi) is 5.98. The lowest BCUT2D eigenvalue weighted by Crippen LogP contribution is -2.05. The molecule has 6 heteroatoms. The van der Waals surface area contributed by atoms with E-state index < -0.39 is 11.8 Å². The van der Waals surface area contributed by atoms with E-state index in [4.69, 9.17) is 0 Å². The summed E-state index contributed by atoms with van der Waals surface area (Å²) in [5, 5.41) is 11.3. The molecule has 3 rings (SSSR count). The molecule has 1 aromatic heterocycles. The van der Waals surface area contributed by atoms with Crippen LogP contribution in [-0.2, 0) is 11.2 Å². The van der Waals surface area contributed by atoms with Crippen molar-refractivity contribution >= 4 is 45.1 Å². The second-order valence-electron chi connectivity index (χ2n) is 5.78. The molecule has 0 aliphatic heterocycles. The van der Waals surface area contributed by atoms with Gasteiger partial charge in [-0.15, -0.1) is 11.3 Å². The van der Waals surface area contributed by atoms with Crippen LogP contribution in [0.1, 0.15) is 21.5 Å². The highest BCUT2D eigenvalue weighted by atomic mass is 79.9. The molecule has 1 heterocycles. The third-order valence-corrected chi connectivity index (χ3v) is 5.51. The summed E-state index contributed by atoms with van der Waals surface area (Å²) < 4.78 is 14.5. The molecule has 0 aliphatic carbocycles. The summed E-state index contributed by atoms with van der Waals surface area (Å²) in [5.74, 6) is -1.78. The highest BCUT2D eigenvalue weighted by Gasteiger charge is 2.20. The number of rotatable bonds is 6. The zero-order valence-electron chi connectivity index (χ0n) is 14.0. The van der Waals surface area contributed by atoms with E-state index in [1.54, 1.807) is 23.6 Å². The van der Waals surface area contributed by atoms with Gasteiger partial charge in [-0.25, -0.2) is 9.18 Å². The Morgan fingerprint density at radius 2 is 1.81 bits per heavy atom. The van der Waals surface area contributed by atoms with Crippen LogP contribution >= 0.6 is 27.3 Å². The van der Waals surface area contributed by atoms with E-state index in [1.165, 1.54) is 29.6 Å². The van der Waals surface area contributed by atoms with Gasteiger partial charge in [0.15, 0.2) is 5.78 Å². The number of carbonyl (C=O) groups excluding carboxylic acids is 1. The van der Waals surface area contributed by atoms with Gasteiger partial charge in [0.25, 0.3) is 0 Å². The highest BCUT2D eigenvalue weighted by molar-refractivity contribution is 9.10. The maximum absolute atomic E-state index is 13.6. The number of carboxylic acids is 1. The molecule has 0 radical (unpaired) electrons. The van der Waals surface area contributed by atoms with Crippen LogP contribution in [0.4, 0.5) is 4.39 Å². The number of ketones is 1. The molecule has 0 atom stereocenters. The zero-order valence-corrected chi connectivity index (χ0v) is 16.4. The molecular formula is C21H14BrFO3S. The molecule has 27 heavy (non-hydrogen) atoms. The minimum Gasteiger partial charge on any atom is -0.478 e. The molecule has 2 aromatic carbocycles. The molecule has 136 valence electrons. The molecule has 0 aliphatic rings. The Labute approximate surface area is 167 Å². The molecular weight excluding hydrogens is 431 g/mol. The van der Waals surface area contributed by atoms with Crippen LogP contribution in [-0.4, -0.2) is 16.9 Å². The predicted molar refractivity (Wildman–Crippen MR) is 109 cm³/mol. The molecule has 0 fully saturated rings. The van der Waals surface area contributed by atoms with Crippen LogP contribution < -0.4 is 0 Å². The van der Waals surface area contributed by atoms with Crippen LogP contribution in [0, 0.1) is 5.82 Å². The third kappa shape index (κ3) is 4.59. The fourth-order valence-corrected chi connectivity index (χ4v) is 3.95. The molecule has 0 saturated carbocycles. The topological polar surface area (TPSA) is 54.4 Å². The Hall–Kier alpha value is -2.57. The normalized spacial score (nSPS) is 11.0. The summed E-state index contributed by atoms with van der Waals surface area (Å²) in [6, 6.07) is 13.5. The van der Waals surface area contributed by atoms with Gasteiger partial charge >= 0.3 is 5.97 Å². The van der Waals surface area contributed by atoms with E-state index in [2.05, 4.69) is 15.9 Å². The molecule has 0 saturated heterocycles. The molecule has 1 N–H and O–H groups in total. The number of hydrogen-bond acceptors (Lipinski definition) is 3. The first-order valence-electron chi connectivity index (χ1n) is 8.00. The van der Waals surface area contributed by atoms with Crippen LogP contribution in [0.25, 0.3) is 16.5 Å². The first kappa shape index (κ1) is 19.2. The fraction of sp³-hybridized carbons (Fsp3) is 0.0476. The average Bonchev–Trinajstić information content (AvgIpc) is 3.05. The van der Waals surface area contributed by atoms with Crippen molar-refractivity contribution in [1.29, 1.82) is 0 Å². The number of allylic oxidation sites excluding steroid dienone is 1. The molecule has 3 aromatic rings. The first-order valence-corrected chi connectivity index (χ1v) is 9.68. The minimum absolute atomic E-state index is 0.0559. The van der Waals surface area contributed by atoms with Crippen molar-refractivity contribution in [2.75, 3.05) is 0 Å². The number of thiophene rings is 1. The van der Waals surface area contributed by atoms with E-state index in [0.717, 1.165) is 10.0 Å². The summed E-state index contributed by atoms with van der Waals surface area (Å²) in [6.07, 6.45) is 2.63. The standard InChI is InChI=1S/C21H14BrFO3S/c22-16-8-5-14(6-9-16)20-19(21(25)26)15(12-27-20)11-17(24)10-7-13-3-1-2-4-18(13)23/h1-10,12H,11H2,(H,25,26)/b10-7+. The van der Waals surface area contributed by atoms with Gasteiger partial charge in [-0.2, -0.15) is 0 Å². The molecule has 0 amide bonds. The number of halogens is 2. The van der Waals surface area contributed by atoms with E-state index in [0.29, 0.717) is 16.0 Å². The number of hydrogen-bond donors (Lipinski definition) is 1. The second kappa shape index (κ2) is 8.41. The van der Waals surface area contributed by atoms with E-state index >= 15 is 0 Å². The van der Waals surface area contributed by atoms with Crippen molar-refractivity contribution in [1.82, 2.24) is 0 Å². The van der Waals surface area contributed by atoms with Gasteiger partial charge < -0.3 is 5.11 Å². The number of carbonyl (C=O) groups is 2. The molecule has 0 bridgehead atoms. The lowest BCUT2D eigenvalue weighted by atomic mass is 10.0. The summed E-state index contributed by atoms with van der Waals surface area (Å²) >= 11 is 4.64. The van der Waals surface area contributed by atoms with Crippen LogP contribution in [0.3, 0.4) is 0 Å². The van der Waals surface area contributed by atoms with Crippen molar-refractivity contribution < 1.29 is 19.1 Å². The van der Waals surface area contributed by atoms with Crippen molar-refractivity contribution in [3.63, 3.8) is 0 Å². The number of carboxylic acid groups (broad SMARTS) is 1. The Balaban J connectivity index is 1.85. The summed E-state index contributed by atoms with van der Waals surface area (Å²) in [6.45, 7) is 0. The smallest absolute Gasteiger partial charge is 0.337 e. The van der Waals surface area contributed by atoms with E-state index in [9.17, 15) is 19.1 Å². The number of aromatic carboxylic acids is 1. The van der Waals surface area contributed by atoms with E-state index in [1.807, 2.05) is 24.3 Å². The van der Waals surface area contributed by atoms with E-state index in [-0.39, 0.29) is 17.8 Å². The maximum atomic E-state index is 13.6. The largest absolute Gasteiger partial charge is 0.478 e. The van der Waals surface area contributed by atoms with Crippen molar-refractivity contribution in [2.24, 2.45) is 0 Å². The monoisotopic (exact) mass is 444 g/mol. The van der Waals surface area contributed by atoms with Gasteiger partial charge in [-0.3, -0.25) is 4.79 Å². The van der Waals surface area contributed by atoms with Crippen molar-refractivity contribution in [3.8, 4) is 10.4 Å². The lowest BCUT2D eigenvalue weighted by molar-refractivity contribution is -0.113. The Morgan fingerprint density at radius 1 is 1.11 bits per heavy atom. The summed E-state index contributed by atoms with van der Waals surface area (Å²) in [4.78, 5) is 24.6. The molecule has 0 unspecified atom stereocenters. The van der Waals surface area contributed by atoms with Crippen molar-refractivity contribution in [2.45, 2.75) is 6.42 Å². The second-order valence-corrected chi connectivity index (χ2v) is 7.57. The van der Waals surface area contributed by atoms with Crippen molar-refractivity contribution in [3.05, 3.63) is 87.0 Å². The minimum atomic E-state index is -1.07. The van der Waals surface area contributed by atoms with Crippen LogP contribution in [0.2, 0.25) is 0 Å². The Bertz CT molecular complexity index is 1020. The third-order valence-electron chi connectivity index (χ3n) is 3.91. The fourth-order valence-electron chi connectivity index (χ4n) is 2.61. The zero-order chi connectivity index (χ0) is 19.4. The lowest BCUT2D eigenvalue weighted by Gasteiger charge is -2.03. The molecule has 3 nitrogen and oxygen atoms in total. The van der Waals surface area contributed by atoms with Crippen LogP contribution in [0.5, 0.6) is 0 Å². The van der Waals surface area contributed by atoms with Gasteiger partial charge in [0, 0.05) is 21.3 Å². The van der Waals surface area contributed by atoms with Crippen LogP contribution in [0.15, 0.2) is 64.5 Å². The molecule has 0 spiro atoms. The first-order chi connectivity index (χ1) is 13.0. The Morgan fingerprint density at radius 3 is 2.48 bits per heavy atom. The quantitative estimate of drug-likeness (QED) is 0.485. The van der Waals surface area contributed by atoms with Gasteiger partial charge in [-0.1, -0.05) is 46.3 Å². The van der Waals surface area contributed by atoms with Gasteiger partial charge in [0.1, 0.15) is 5.82 Å². The van der Waals surface area contributed by atoms with Gasteiger partial charge in [0.2, 0.25) is 0 Å². The maximum Gasteiger partial charge on any atom is 0.337 e. The van der Waals surface area contributed by atoms with Gasteiger partial charge in [-0.05, 0) is 46.9 Å². The summed E-state index contributed by atoms with van der Waals surface area (Å²) in [7, 11) is 0.